The monoisotopic (exact) mass is 274 g/mol. The fourth-order valence-corrected chi connectivity index (χ4v) is 1.33. The first-order valence-electron chi connectivity index (χ1n) is 3.84. The summed E-state index contributed by atoms with van der Waals surface area (Å²) >= 11 is 8.80. The van der Waals surface area contributed by atoms with E-state index in [2.05, 4.69) is 22.5 Å². The molecule has 0 unspecified atom stereocenters. The molecule has 1 rings (SSSR count). The Morgan fingerprint density at radius 2 is 2.36 bits per heavy atom. The Balaban J connectivity index is 2.85. The Bertz CT molecular complexity index is 363. The summed E-state index contributed by atoms with van der Waals surface area (Å²) in [6.45, 7) is 3.68. The molecule has 0 bridgehead atoms. The number of aldehydes is 1. The number of hydrogen-bond donors (Lipinski definition) is 0. The molecule has 0 atom stereocenters. The van der Waals surface area contributed by atoms with Crippen molar-refractivity contribution >= 4 is 33.8 Å². The average Bonchev–Trinajstić information content (AvgIpc) is 2.15. The predicted molar refractivity (Wildman–Crippen MR) is 60.0 cm³/mol. The largest absolute Gasteiger partial charge is 0.487 e. The third-order valence-electron chi connectivity index (χ3n) is 1.48. The molecule has 0 aliphatic rings. The summed E-state index contributed by atoms with van der Waals surface area (Å²) in [5, 5.41) is 0.393. The molecule has 0 fully saturated rings. The quantitative estimate of drug-likeness (QED) is 0.787. The van der Waals surface area contributed by atoms with Crippen LogP contribution < -0.4 is 4.74 Å². The van der Waals surface area contributed by atoms with E-state index in [-0.39, 0.29) is 6.61 Å². The number of carbonyl (C=O) groups excluding carboxylic acids is 1. The molecule has 2 nitrogen and oxygen atoms in total. The lowest BCUT2D eigenvalue weighted by Gasteiger charge is -2.07. The molecule has 1 aromatic carbocycles. The number of rotatable bonds is 4. The van der Waals surface area contributed by atoms with Crippen molar-refractivity contribution in [2.45, 2.75) is 0 Å². The van der Waals surface area contributed by atoms with Gasteiger partial charge in [0.15, 0.2) is 6.29 Å². The summed E-state index contributed by atoms with van der Waals surface area (Å²) in [7, 11) is 0. The molecule has 0 amide bonds. The van der Waals surface area contributed by atoms with Gasteiger partial charge in [-0.1, -0.05) is 34.1 Å². The standard InChI is InChI=1S/C10H8BrClO2/c1-7(12)6-14-10-3-2-9(11)4-8(10)5-13/h2-5H,1,6H2. The maximum Gasteiger partial charge on any atom is 0.153 e. The summed E-state index contributed by atoms with van der Waals surface area (Å²) in [4.78, 5) is 10.7. The second kappa shape index (κ2) is 5.17. The van der Waals surface area contributed by atoms with Crippen molar-refractivity contribution in [3.8, 4) is 5.75 Å². The Morgan fingerprint density at radius 3 is 2.93 bits per heavy atom. The molecule has 0 spiro atoms. The zero-order valence-electron chi connectivity index (χ0n) is 7.30. The van der Waals surface area contributed by atoms with Gasteiger partial charge in [0.25, 0.3) is 0 Å². The molecule has 0 aliphatic carbocycles. The van der Waals surface area contributed by atoms with E-state index < -0.39 is 0 Å². The number of halogens is 2. The van der Waals surface area contributed by atoms with Crippen molar-refractivity contribution < 1.29 is 9.53 Å². The number of ether oxygens (including phenoxy) is 1. The zero-order chi connectivity index (χ0) is 10.6. The Morgan fingerprint density at radius 1 is 1.64 bits per heavy atom. The lowest BCUT2D eigenvalue weighted by atomic mass is 10.2. The molecule has 0 heterocycles. The van der Waals surface area contributed by atoms with Crippen LogP contribution in [0.2, 0.25) is 0 Å². The second-order valence-corrected chi connectivity index (χ2v) is 4.06. The van der Waals surface area contributed by atoms with Crippen molar-refractivity contribution in [3.05, 3.63) is 39.8 Å². The van der Waals surface area contributed by atoms with Gasteiger partial charge in [-0.15, -0.1) is 0 Å². The summed E-state index contributed by atoms with van der Waals surface area (Å²) in [5.41, 5.74) is 0.484. The fraction of sp³-hybridized carbons (Fsp3) is 0.100. The van der Waals surface area contributed by atoms with Gasteiger partial charge < -0.3 is 4.74 Å². The highest BCUT2D eigenvalue weighted by Crippen LogP contribution is 2.22. The van der Waals surface area contributed by atoms with Crippen molar-refractivity contribution in [2.24, 2.45) is 0 Å². The molecular formula is C10H8BrClO2. The number of carbonyl (C=O) groups is 1. The van der Waals surface area contributed by atoms with Crippen LogP contribution in [0.5, 0.6) is 5.75 Å². The van der Waals surface area contributed by atoms with E-state index >= 15 is 0 Å². The van der Waals surface area contributed by atoms with E-state index in [9.17, 15) is 4.79 Å². The van der Waals surface area contributed by atoms with Crippen LogP contribution in [0.25, 0.3) is 0 Å². The highest BCUT2D eigenvalue weighted by atomic mass is 79.9. The Hall–Kier alpha value is -0.800. The van der Waals surface area contributed by atoms with Gasteiger partial charge in [-0.3, -0.25) is 4.79 Å². The molecule has 0 aromatic heterocycles. The lowest BCUT2D eigenvalue weighted by Crippen LogP contribution is -1.99. The van der Waals surface area contributed by atoms with Crippen LogP contribution in [0.4, 0.5) is 0 Å². The molecule has 14 heavy (non-hydrogen) atoms. The van der Waals surface area contributed by atoms with Crippen LogP contribution in [0.3, 0.4) is 0 Å². The third-order valence-corrected chi connectivity index (χ3v) is 2.09. The van der Waals surface area contributed by atoms with Crippen LogP contribution in [0.1, 0.15) is 10.4 Å². The minimum Gasteiger partial charge on any atom is -0.487 e. The lowest BCUT2D eigenvalue weighted by molar-refractivity contribution is 0.112. The van der Waals surface area contributed by atoms with Gasteiger partial charge in [-0.2, -0.15) is 0 Å². The van der Waals surface area contributed by atoms with Crippen LogP contribution in [-0.2, 0) is 0 Å². The van der Waals surface area contributed by atoms with Crippen LogP contribution in [0, 0.1) is 0 Å². The van der Waals surface area contributed by atoms with Crippen molar-refractivity contribution in [2.75, 3.05) is 6.61 Å². The predicted octanol–water partition coefficient (Wildman–Crippen LogP) is 3.39. The second-order valence-electron chi connectivity index (χ2n) is 2.61. The van der Waals surface area contributed by atoms with Crippen LogP contribution in [-0.4, -0.2) is 12.9 Å². The van der Waals surface area contributed by atoms with Crippen LogP contribution >= 0.6 is 27.5 Å². The minimum absolute atomic E-state index is 0.198. The molecule has 0 saturated heterocycles. The smallest absolute Gasteiger partial charge is 0.153 e. The van der Waals surface area contributed by atoms with E-state index in [0.29, 0.717) is 16.3 Å². The zero-order valence-corrected chi connectivity index (χ0v) is 9.64. The van der Waals surface area contributed by atoms with E-state index in [1.807, 2.05) is 0 Å². The summed E-state index contributed by atoms with van der Waals surface area (Å²) in [6.07, 6.45) is 0.733. The number of hydrogen-bond acceptors (Lipinski definition) is 2. The topological polar surface area (TPSA) is 26.3 Å². The summed E-state index contributed by atoms with van der Waals surface area (Å²) < 4.78 is 6.09. The van der Waals surface area contributed by atoms with Gasteiger partial charge in [0.2, 0.25) is 0 Å². The average molecular weight is 276 g/mol. The van der Waals surface area contributed by atoms with Crippen LogP contribution in [0.15, 0.2) is 34.3 Å². The highest BCUT2D eigenvalue weighted by Gasteiger charge is 2.03. The van der Waals surface area contributed by atoms with E-state index in [0.717, 1.165) is 10.8 Å². The normalized spacial score (nSPS) is 9.57. The van der Waals surface area contributed by atoms with E-state index in [1.165, 1.54) is 0 Å². The van der Waals surface area contributed by atoms with E-state index in [1.54, 1.807) is 18.2 Å². The summed E-state index contributed by atoms with van der Waals surface area (Å²) in [6, 6.07) is 5.17. The van der Waals surface area contributed by atoms with Crippen molar-refractivity contribution in [3.63, 3.8) is 0 Å². The van der Waals surface area contributed by atoms with Gasteiger partial charge in [-0.05, 0) is 18.2 Å². The maximum atomic E-state index is 10.7. The van der Waals surface area contributed by atoms with E-state index in [4.69, 9.17) is 16.3 Å². The molecule has 4 heteroatoms. The molecule has 1 aromatic rings. The van der Waals surface area contributed by atoms with Gasteiger partial charge in [0.1, 0.15) is 12.4 Å². The van der Waals surface area contributed by atoms with Crippen molar-refractivity contribution in [1.82, 2.24) is 0 Å². The van der Waals surface area contributed by atoms with Gasteiger partial charge >= 0.3 is 0 Å². The first kappa shape index (κ1) is 11.3. The molecule has 0 saturated carbocycles. The summed E-state index contributed by atoms with van der Waals surface area (Å²) in [5.74, 6) is 0.505. The van der Waals surface area contributed by atoms with Gasteiger partial charge in [-0.25, -0.2) is 0 Å². The minimum atomic E-state index is 0.198. The van der Waals surface area contributed by atoms with Crippen molar-refractivity contribution in [1.29, 1.82) is 0 Å². The first-order valence-corrected chi connectivity index (χ1v) is 5.01. The number of benzene rings is 1. The molecule has 0 N–H and O–H groups in total. The molecular weight excluding hydrogens is 267 g/mol. The highest BCUT2D eigenvalue weighted by molar-refractivity contribution is 9.10. The third kappa shape index (κ3) is 3.16. The maximum absolute atomic E-state index is 10.7. The Kier molecular flexibility index (Phi) is 4.17. The molecule has 0 aliphatic heterocycles. The molecule has 0 radical (unpaired) electrons. The fourth-order valence-electron chi connectivity index (χ4n) is 0.899. The molecule has 74 valence electrons. The van der Waals surface area contributed by atoms with Gasteiger partial charge in [0, 0.05) is 9.51 Å². The van der Waals surface area contributed by atoms with Gasteiger partial charge in [0.05, 0.1) is 5.56 Å². The SMILES string of the molecule is C=C(Cl)COc1ccc(Br)cc1C=O. The Labute approximate surface area is 95.6 Å². The first-order chi connectivity index (χ1) is 6.63.